The summed E-state index contributed by atoms with van der Waals surface area (Å²) < 4.78 is 0. The Morgan fingerprint density at radius 3 is 3.06 bits per heavy atom. The van der Waals surface area contributed by atoms with E-state index in [2.05, 4.69) is 9.89 Å². The molecule has 0 aromatic heterocycles. The van der Waals surface area contributed by atoms with Crippen LogP contribution < -0.4 is 10.6 Å². The average molecular weight is 244 g/mol. The van der Waals surface area contributed by atoms with E-state index < -0.39 is 6.10 Å². The predicted octanol–water partition coefficient (Wildman–Crippen LogP) is -0.200. The fourth-order valence-corrected chi connectivity index (χ4v) is 2.77. The highest BCUT2D eigenvalue weighted by molar-refractivity contribution is 5.83. The molecule has 1 aromatic carbocycles. The van der Waals surface area contributed by atoms with Gasteiger partial charge in [-0.1, -0.05) is 18.2 Å². The van der Waals surface area contributed by atoms with E-state index in [9.17, 15) is 9.90 Å². The van der Waals surface area contributed by atoms with Crippen molar-refractivity contribution in [2.75, 3.05) is 6.54 Å². The first kappa shape index (κ1) is 11.4. The second-order valence-corrected chi connectivity index (χ2v) is 4.93. The number of carbonyl (C=O) groups excluding carboxylic acids is 1. The second-order valence-electron chi connectivity index (χ2n) is 4.93. The van der Waals surface area contributed by atoms with Crippen LogP contribution in [-0.4, -0.2) is 34.6 Å². The van der Waals surface area contributed by atoms with Crippen molar-refractivity contribution in [1.82, 2.24) is 4.90 Å². The maximum Gasteiger partial charge on any atom is 0.147 e. The van der Waals surface area contributed by atoms with Crippen LogP contribution in [-0.2, 0) is 4.79 Å². The van der Waals surface area contributed by atoms with Crippen LogP contribution in [0, 0.1) is 0 Å². The van der Waals surface area contributed by atoms with Crippen molar-refractivity contribution in [3.05, 3.63) is 34.8 Å². The number of para-hydroxylation sites is 1. The van der Waals surface area contributed by atoms with Crippen molar-refractivity contribution in [1.29, 1.82) is 0 Å². The van der Waals surface area contributed by atoms with Gasteiger partial charge in [0, 0.05) is 23.9 Å². The van der Waals surface area contributed by atoms with E-state index in [-0.39, 0.29) is 11.9 Å². The van der Waals surface area contributed by atoms with Crippen LogP contribution in [0.3, 0.4) is 0 Å². The lowest BCUT2D eigenvalue weighted by Crippen LogP contribution is -2.46. The first-order valence-electron chi connectivity index (χ1n) is 6.27. The molecule has 4 nitrogen and oxygen atoms in total. The molecule has 0 aliphatic carbocycles. The van der Waals surface area contributed by atoms with Gasteiger partial charge in [-0.15, -0.1) is 0 Å². The SMILES string of the molecule is CC(=O)CC1=c2ccccc2=N[C@H]2[C@H](O)CCN12. The Bertz CT molecular complexity index is 608. The van der Waals surface area contributed by atoms with Crippen LogP contribution in [0.2, 0.25) is 0 Å². The molecule has 1 N–H and O–H groups in total. The summed E-state index contributed by atoms with van der Waals surface area (Å²) in [6.45, 7) is 2.37. The quantitative estimate of drug-likeness (QED) is 0.784. The van der Waals surface area contributed by atoms with Gasteiger partial charge in [0.25, 0.3) is 0 Å². The Morgan fingerprint density at radius 1 is 1.50 bits per heavy atom. The highest BCUT2D eigenvalue weighted by Crippen LogP contribution is 2.26. The molecule has 0 spiro atoms. The minimum atomic E-state index is -0.430. The summed E-state index contributed by atoms with van der Waals surface area (Å²) in [6.07, 6.45) is 0.480. The number of hydrogen-bond donors (Lipinski definition) is 1. The molecule has 0 unspecified atom stereocenters. The van der Waals surface area contributed by atoms with Gasteiger partial charge in [-0.3, -0.25) is 9.79 Å². The fourth-order valence-electron chi connectivity index (χ4n) is 2.77. The minimum absolute atomic E-state index is 0.141. The van der Waals surface area contributed by atoms with Crippen LogP contribution in [0.25, 0.3) is 5.70 Å². The zero-order valence-corrected chi connectivity index (χ0v) is 10.3. The van der Waals surface area contributed by atoms with Crippen LogP contribution in [0.5, 0.6) is 0 Å². The number of hydrogen-bond acceptors (Lipinski definition) is 4. The lowest BCUT2D eigenvalue weighted by atomic mass is 10.1. The molecule has 1 fully saturated rings. The molecule has 0 bridgehead atoms. The van der Waals surface area contributed by atoms with Crippen LogP contribution in [0.4, 0.5) is 0 Å². The van der Waals surface area contributed by atoms with E-state index in [1.807, 2.05) is 24.3 Å². The molecule has 0 radical (unpaired) electrons. The normalized spacial score (nSPS) is 25.4. The molecule has 94 valence electrons. The largest absolute Gasteiger partial charge is 0.389 e. The van der Waals surface area contributed by atoms with Crippen LogP contribution in [0.15, 0.2) is 29.3 Å². The smallest absolute Gasteiger partial charge is 0.147 e. The third-order valence-electron chi connectivity index (χ3n) is 3.58. The molecular formula is C14H16N2O2. The summed E-state index contributed by atoms with van der Waals surface area (Å²) in [5, 5.41) is 11.9. The van der Waals surface area contributed by atoms with Crippen molar-refractivity contribution in [2.45, 2.75) is 32.0 Å². The standard InChI is InChI=1S/C14H16N2O2/c1-9(17)8-12-10-4-2-3-5-11(10)15-14-13(18)6-7-16(12)14/h2-5,13-14,18H,6-8H2,1H3/t13-,14-/m1/s1. The number of Topliss-reactive ketones (excluding diaryl/α,β-unsaturated/α-hetero) is 1. The number of aliphatic hydroxyl groups excluding tert-OH is 1. The van der Waals surface area contributed by atoms with Gasteiger partial charge in [0.2, 0.25) is 0 Å². The predicted molar refractivity (Wildman–Crippen MR) is 67.0 cm³/mol. The molecule has 3 rings (SSSR count). The van der Waals surface area contributed by atoms with E-state index in [1.54, 1.807) is 6.92 Å². The van der Waals surface area contributed by atoms with Gasteiger partial charge in [-0.2, -0.15) is 0 Å². The molecule has 0 amide bonds. The van der Waals surface area contributed by atoms with Crippen molar-refractivity contribution in [2.24, 2.45) is 4.99 Å². The number of carbonyl (C=O) groups is 1. The van der Waals surface area contributed by atoms with E-state index in [0.29, 0.717) is 12.8 Å². The van der Waals surface area contributed by atoms with Gasteiger partial charge in [-0.25, -0.2) is 0 Å². The number of rotatable bonds is 2. The molecule has 18 heavy (non-hydrogen) atoms. The number of fused-ring (bicyclic) bond motifs is 2. The molecular weight excluding hydrogens is 228 g/mol. The number of benzene rings is 1. The van der Waals surface area contributed by atoms with E-state index >= 15 is 0 Å². The molecule has 1 saturated heterocycles. The highest BCUT2D eigenvalue weighted by Gasteiger charge is 2.35. The number of aliphatic hydroxyl groups is 1. The monoisotopic (exact) mass is 244 g/mol. The van der Waals surface area contributed by atoms with Gasteiger partial charge in [0.1, 0.15) is 11.9 Å². The molecule has 0 saturated carbocycles. The van der Waals surface area contributed by atoms with Crippen molar-refractivity contribution in [3.63, 3.8) is 0 Å². The number of ketones is 1. The third-order valence-corrected chi connectivity index (χ3v) is 3.58. The Morgan fingerprint density at radius 2 is 2.28 bits per heavy atom. The zero-order valence-electron chi connectivity index (χ0n) is 10.3. The summed E-state index contributed by atoms with van der Waals surface area (Å²) in [4.78, 5) is 18.1. The van der Waals surface area contributed by atoms with Crippen molar-refractivity contribution < 1.29 is 9.90 Å². The van der Waals surface area contributed by atoms with Crippen LogP contribution in [0.1, 0.15) is 19.8 Å². The summed E-state index contributed by atoms with van der Waals surface area (Å²) in [6, 6.07) is 7.84. The Labute approximate surface area is 105 Å². The first-order chi connectivity index (χ1) is 8.66. The molecule has 2 aliphatic heterocycles. The van der Waals surface area contributed by atoms with Crippen molar-refractivity contribution >= 4 is 11.5 Å². The number of nitrogens with zero attached hydrogens (tertiary/aromatic N) is 2. The Balaban J connectivity index is 2.21. The van der Waals surface area contributed by atoms with Gasteiger partial charge < -0.3 is 10.0 Å². The topological polar surface area (TPSA) is 52.9 Å². The fraction of sp³-hybridized carbons (Fsp3) is 0.429. The minimum Gasteiger partial charge on any atom is -0.389 e. The van der Waals surface area contributed by atoms with Gasteiger partial charge in [0.15, 0.2) is 0 Å². The first-order valence-corrected chi connectivity index (χ1v) is 6.27. The second kappa shape index (κ2) is 4.21. The third kappa shape index (κ3) is 1.73. The molecule has 2 atom stereocenters. The Kier molecular flexibility index (Phi) is 2.67. The lowest BCUT2D eigenvalue weighted by molar-refractivity contribution is -0.116. The van der Waals surface area contributed by atoms with Crippen molar-refractivity contribution in [3.8, 4) is 0 Å². The van der Waals surface area contributed by atoms with Gasteiger partial charge >= 0.3 is 0 Å². The summed E-state index contributed by atoms with van der Waals surface area (Å²) >= 11 is 0. The van der Waals surface area contributed by atoms with E-state index in [0.717, 1.165) is 22.8 Å². The zero-order chi connectivity index (χ0) is 12.7. The lowest BCUT2D eigenvalue weighted by Gasteiger charge is -2.30. The van der Waals surface area contributed by atoms with Gasteiger partial charge in [0.05, 0.1) is 11.5 Å². The molecule has 2 heterocycles. The van der Waals surface area contributed by atoms with E-state index in [4.69, 9.17) is 0 Å². The Hall–Kier alpha value is -1.68. The summed E-state index contributed by atoms with van der Waals surface area (Å²) in [5.41, 5.74) is 1.01. The van der Waals surface area contributed by atoms with Crippen LogP contribution >= 0.6 is 0 Å². The maximum absolute atomic E-state index is 11.5. The molecule has 1 aromatic rings. The molecule has 4 heteroatoms. The molecule has 2 aliphatic rings. The van der Waals surface area contributed by atoms with E-state index in [1.165, 1.54) is 0 Å². The average Bonchev–Trinajstić information content (AvgIpc) is 2.71. The van der Waals surface area contributed by atoms with Gasteiger partial charge in [-0.05, 0) is 19.4 Å². The summed E-state index contributed by atoms with van der Waals surface area (Å²) in [7, 11) is 0. The maximum atomic E-state index is 11.5. The summed E-state index contributed by atoms with van der Waals surface area (Å²) in [5.74, 6) is 0.141. The highest BCUT2D eigenvalue weighted by atomic mass is 16.3.